The molecule has 1 N–H and O–H groups in total. The predicted octanol–water partition coefficient (Wildman–Crippen LogP) is 4.70. The number of rotatable bonds is 9. The van der Waals surface area contributed by atoms with Gasteiger partial charge in [0.05, 0.1) is 30.5 Å². The van der Waals surface area contributed by atoms with E-state index in [-0.39, 0.29) is 5.57 Å². The van der Waals surface area contributed by atoms with Gasteiger partial charge in [-0.1, -0.05) is 13.3 Å². The first-order valence-electron chi connectivity index (χ1n) is 10.5. The SMILES string of the molecule is CCCCOc1ccc(N2C(=O)NC(=O)/C(=C/c3cc(Br)c(OCC)c(OC)c3)C2=O)cc1. The van der Waals surface area contributed by atoms with Gasteiger partial charge >= 0.3 is 6.03 Å². The van der Waals surface area contributed by atoms with Gasteiger partial charge in [0, 0.05) is 0 Å². The largest absolute Gasteiger partial charge is 0.494 e. The van der Waals surface area contributed by atoms with Crippen molar-refractivity contribution in [1.29, 1.82) is 0 Å². The lowest BCUT2D eigenvalue weighted by Gasteiger charge is -2.26. The lowest BCUT2D eigenvalue weighted by atomic mass is 10.1. The number of imide groups is 2. The molecular formula is C24H25BrN2O6. The Morgan fingerprint density at radius 3 is 2.42 bits per heavy atom. The standard InChI is InChI=1S/C24H25BrN2O6/c1-4-6-11-33-17-9-7-16(8-10-17)27-23(29)18(22(28)26-24(27)30)12-15-13-19(25)21(32-5-2)20(14-15)31-3/h7-10,12-14H,4-6,11H2,1-3H3,(H,26,28,30)/b18-12-. The molecule has 2 aromatic rings. The van der Waals surface area contributed by atoms with Gasteiger partial charge in [-0.15, -0.1) is 0 Å². The molecule has 1 fully saturated rings. The molecule has 8 nitrogen and oxygen atoms in total. The molecule has 0 atom stereocenters. The van der Waals surface area contributed by atoms with E-state index in [9.17, 15) is 14.4 Å². The molecule has 9 heteroatoms. The third-order valence-corrected chi connectivity index (χ3v) is 5.40. The second-order valence-corrected chi connectivity index (χ2v) is 7.98. The zero-order chi connectivity index (χ0) is 24.0. The molecule has 3 rings (SSSR count). The molecule has 1 heterocycles. The number of carbonyl (C=O) groups excluding carboxylic acids is 3. The fraction of sp³-hybridized carbons (Fsp3) is 0.292. The number of halogens is 1. The highest BCUT2D eigenvalue weighted by atomic mass is 79.9. The van der Waals surface area contributed by atoms with Crippen molar-refractivity contribution in [3.05, 3.63) is 52.0 Å². The first-order valence-corrected chi connectivity index (χ1v) is 11.3. The zero-order valence-electron chi connectivity index (χ0n) is 18.6. The Bertz CT molecular complexity index is 1080. The van der Waals surface area contributed by atoms with Crippen LogP contribution < -0.4 is 24.4 Å². The number of amides is 4. The van der Waals surface area contributed by atoms with Crippen LogP contribution >= 0.6 is 15.9 Å². The van der Waals surface area contributed by atoms with Gasteiger partial charge in [-0.05, 0) is 77.3 Å². The topological polar surface area (TPSA) is 94.2 Å². The Morgan fingerprint density at radius 2 is 1.79 bits per heavy atom. The molecule has 0 bridgehead atoms. The van der Waals surface area contributed by atoms with E-state index in [2.05, 4.69) is 28.2 Å². The molecule has 0 aromatic heterocycles. The van der Waals surface area contributed by atoms with Crippen LogP contribution in [0.25, 0.3) is 6.08 Å². The summed E-state index contributed by atoms with van der Waals surface area (Å²) in [4.78, 5) is 39.0. The van der Waals surface area contributed by atoms with Gasteiger partial charge < -0.3 is 14.2 Å². The molecule has 33 heavy (non-hydrogen) atoms. The number of nitrogens with one attached hydrogen (secondary N) is 1. The molecule has 1 aliphatic heterocycles. The highest BCUT2D eigenvalue weighted by molar-refractivity contribution is 9.10. The first kappa shape index (κ1) is 24.3. The lowest BCUT2D eigenvalue weighted by molar-refractivity contribution is -0.122. The summed E-state index contributed by atoms with van der Waals surface area (Å²) in [6.45, 7) is 4.95. The summed E-state index contributed by atoms with van der Waals surface area (Å²) in [7, 11) is 1.50. The van der Waals surface area contributed by atoms with Gasteiger partial charge in [-0.2, -0.15) is 0 Å². The number of ether oxygens (including phenoxy) is 3. The number of anilines is 1. The van der Waals surface area contributed by atoms with Gasteiger partial charge in [0.25, 0.3) is 11.8 Å². The molecule has 2 aromatic carbocycles. The number of hydrogen-bond acceptors (Lipinski definition) is 6. The van der Waals surface area contributed by atoms with Crippen LogP contribution in [0.3, 0.4) is 0 Å². The predicted molar refractivity (Wildman–Crippen MR) is 128 cm³/mol. The molecular weight excluding hydrogens is 492 g/mol. The summed E-state index contributed by atoms with van der Waals surface area (Å²) in [5, 5.41) is 2.22. The van der Waals surface area contributed by atoms with Crippen LogP contribution in [0.1, 0.15) is 32.3 Å². The number of benzene rings is 2. The molecule has 1 saturated heterocycles. The Morgan fingerprint density at radius 1 is 1.06 bits per heavy atom. The van der Waals surface area contributed by atoms with Gasteiger partial charge in [-0.25, -0.2) is 9.69 Å². The maximum Gasteiger partial charge on any atom is 0.335 e. The number of unbranched alkanes of at least 4 members (excludes halogenated alkanes) is 1. The van der Waals surface area contributed by atoms with Crippen molar-refractivity contribution in [2.75, 3.05) is 25.2 Å². The average Bonchev–Trinajstić information content (AvgIpc) is 2.79. The first-order chi connectivity index (χ1) is 15.9. The van der Waals surface area contributed by atoms with Crippen molar-refractivity contribution in [2.24, 2.45) is 0 Å². The number of barbiturate groups is 1. The van der Waals surface area contributed by atoms with Crippen molar-refractivity contribution in [2.45, 2.75) is 26.7 Å². The van der Waals surface area contributed by atoms with Crippen LogP contribution in [0.2, 0.25) is 0 Å². The second-order valence-electron chi connectivity index (χ2n) is 7.12. The van der Waals surface area contributed by atoms with E-state index in [0.29, 0.717) is 46.2 Å². The number of nitrogens with zero attached hydrogens (tertiary/aromatic N) is 1. The maximum atomic E-state index is 13.1. The van der Waals surface area contributed by atoms with Crippen LogP contribution in [-0.2, 0) is 9.59 Å². The highest BCUT2D eigenvalue weighted by Crippen LogP contribution is 2.37. The second kappa shape index (κ2) is 11.0. The maximum absolute atomic E-state index is 13.1. The lowest BCUT2D eigenvalue weighted by Crippen LogP contribution is -2.54. The quantitative estimate of drug-likeness (QED) is 0.295. The van der Waals surface area contributed by atoms with Crippen LogP contribution in [0.15, 0.2) is 46.4 Å². The van der Waals surface area contributed by atoms with E-state index in [0.717, 1.165) is 17.7 Å². The van der Waals surface area contributed by atoms with Crippen molar-refractivity contribution in [1.82, 2.24) is 5.32 Å². The summed E-state index contributed by atoms with van der Waals surface area (Å²) in [5.74, 6) is 0.0836. The minimum absolute atomic E-state index is 0.184. The monoisotopic (exact) mass is 516 g/mol. The Kier molecular flexibility index (Phi) is 8.11. The fourth-order valence-electron chi connectivity index (χ4n) is 3.19. The fourth-order valence-corrected chi connectivity index (χ4v) is 3.77. The smallest absolute Gasteiger partial charge is 0.335 e. The molecule has 0 spiro atoms. The summed E-state index contributed by atoms with van der Waals surface area (Å²) in [6.07, 6.45) is 3.35. The third-order valence-electron chi connectivity index (χ3n) is 4.81. The Balaban J connectivity index is 1.91. The molecule has 0 aliphatic carbocycles. The molecule has 4 amide bonds. The van der Waals surface area contributed by atoms with Crippen LogP contribution in [0, 0.1) is 0 Å². The Hall–Kier alpha value is -3.33. The van der Waals surface area contributed by atoms with Crippen molar-refractivity contribution in [3.8, 4) is 17.2 Å². The normalized spacial score (nSPS) is 15.0. The highest BCUT2D eigenvalue weighted by Gasteiger charge is 2.36. The van der Waals surface area contributed by atoms with Crippen molar-refractivity contribution >= 4 is 45.5 Å². The molecule has 0 radical (unpaired) electrons. The summed E-state index contributed by atoms with van der Waals surface area (Å²) in [6, 6.07) is 9.09. The number of carbonyl (C=O) groups is 3. The third kappa shape index (κ3) is 5.54. The Labute approximate surface area is 200 Å². The van der Waals surface area contributed by atoms with Gasteiger partial charge in [0.2, 0.25) is 0 Å². The molecule has 0 unspecified atom stereocenters. The van der Waals surface area contributed by atoms with Crippen molar-refractivity contribution < 1.29 is 28.6 Å². The molecule has 174 valence electrons. The minimum atomic E-state index is -0.813. The minimum Gasteiger partial charge on any atom is -0.494 e. The van der Waals surface area contributed by atoms with E-state index in [1.165, 1.54) is 13.2 Å². The van der Waals surface area contributed by atoms with E-state index in [1.54, 1.807) is 36.4 Å². The zero-order valence-corrected chi connectivity index (χ0v) is 20.2. The van der Waals surface area contributed by atoms with Gasteiger partial charge in [-0.3, -0.25) is 14.9 Å². The number of urea groups is 1. The summed E-state index contributed by atoms with van der Waals surface area (Å²) < 4.78 is 17.2. The van der Waals surface area contributed by atoms with Crippen molar-refractivity contribution in [3.63, 3.8) is 0 Å². The number of methoxy groups -OCH3 is 1. The van der Waals surface area contributed by atoms with Gasteiger partial charge in [0.15, 0.2) is 11.5 Å². The van der Waals surface area contributed by atoms with E-state index >= 15 is 0 Å². The average molecular weight is 517 g/mol. The van der Waals surface area contributed by atoms with Gasteiger partial charge in [0.1, 0.15) is 11.3 Å². The molecule has 0 saturated carbocycles. The van der Waals surface area contributed by atoms with E-state index in [1.807, 2.05) is 6.92 Å². The molecule has 1 aliphatic rings. The number of hydrogen-bond donors (Lipinski definition) is 1. The van der Waals surface area contributed by atoms with Crippen LogP contribution in [-0.4, -0.2) is 38.2 Å². The van der Waals surface area contributed by atoms with E-state index < -0.39 is 17.8 Å². The summed E-state index contributed by atoms with van der Waals surface area (Å²) in [5.41, 5.74) is 0.662. The summed E-state index contributed by atoms with van der Waals surface area (Å²) >= 11 is 3.43. The van der Waals surface area contributed by atoms with Crippen LogP contribution in [0.4, 0.5) is 10.5 Å². The van der Waals surface area contributed by atoms with E-state index in [4.69, 9.17) is 14.2 Å². The van der Waals surface area contributed by atoms with Crippen LogP contribution in [0.5, 0.6) is 17.2 Å².